The molecule has 0 saturated carbocycles. The molecule has 82 valence electrons. The summed E-state index contributed by atoms with van der Waals surface area (Å²) in [6.07, 6.45) is -4.38. The zero-order valence-electron chi connectivity index (χ0n) is 7.88. The van der Waals surface area contributed by atoms with Gasteiger partial charge in [0.05, 0.1) is 11.5 Å². The Morgan fingerprint density at radius 3 is 2.07 bits per heavy atom. The fourth-order valence-corrected chi connectivity index (χ4v) is 1.10. The van der Waals surface area contributed by atoms with Gasteiger partial charge in [0.2, 0.25) is 0 Å². The lowest BCUT2D eigenvalue weighted by Crippen LogP contribution is -2.09. The van der Waals surface area contributed by atoms with Crippen LogP contribution in [0.5, 0.6) is 0 Å². The van der Waals surface area contributed by atoms with Crippen molar-refractivity contribution in [3.63, 3.8) is 0 Å². The van der Waals surface area contributed by atoms with Crippen LogP contribution in [0.3, 0.4) is 0 Å². The van der Waals surface area contributed by atoms with Crippen LogP contribution < -0.4 is 0 Å². The SMILES string of the molecule is C[C@@H](C(=O)O)c1ccc(C(F)(F)F)cc1. The van der Waals surface area contributed by atoms with E-state index in [-0.39, 0.29) is 0 Å². The first kappa shape index (κ1) is 11.6. The van der Waals surface area contributed by atoms with Crippen LogP contribution in [0.15, 0.2) is 24.3 Å². The minimum atomic E-state index is -4.38. The van der Waals surface area contributed by atoms with Gasteiger partial charge < -0.3 is 5.11 Å². The monoisotopic (exact) mass is 218 g/mol. The summed E-state index contributed by atoms with van der Waals surface area (Å²) in [6.45, 7) is 1.42. The number of hydrogen-bond donors (Lipinski definition) is 1. The van der Waals surface area contributed by atoms with Gasteiger partial charge in [-0.3, -0.25) is 4.79 Å². The van der Waals surface area contributed by atoms with Gasteiger partial charge in [-0.25, -0.2) is 0 Å². The maximum absolute atomic E-state index is 12.2. The Hall–Kier alpha value is -1.52. The number of halogens is 3. The second kappa shape index (κ2) is 3.92. The van der Waals surface area contributed by atoms with E-state index in [0.717, 1.165) is 12.1 Å². The molecule has 0 saturated heterocycles. The third-order valence-electron chi connectivity index (χ3n) is 2.11. The highest BCUT2D eigenvalue weighted by Crippen LogP contribution is 2.30. The highest BCUT2D eigenvalue weighted by atomic mass is 19.4. The molecule has 5 heteroatoms. The van der Waals surface area contributed by atoms with Gasteiger partial charge in [-0.2, -0.15) is 13.2 Å². The molecule has 0 heterocycles. The molecule has 0 aliphatic carbocycles. The molecule has 0 aliphatic rings. The Kier molecular flexibility index (Phi) is 3.02. The lowest BCUT2D eigenvalue weighted by Gasteiger charge is -2.09. The van der Waals surface area contributed by atoms with Crippen LogP contribution in [0.4, 0.5) is 13.2 Å². The van der Waals surface area contributed by atoms with Crippen LogP contribution in [-0.4, -0.2) is 11.1 Å². The number of aliphatic carboxylic acids is 1. The molecule has 0 amide bonds. The third-order valence-corrected chi connectivity index (χ3v) is 2.11. The van der Waals surface area contributed by atoms with Gasteiger partial charge in [0.25, 0.3) is 0 Å². The van der Waals surface area contributed by atoms with E-state index < -0.39 is 23.6 Å². The molecule has 0 spiro atoms. The predicted molar refractivity (Wildman–Crippen MR) is 47.5 cm³/mol. The van der Waals surface area contributed by atoms with Crippen molar-refractivity contribution < 1.29 is 23.1 Å². The smallest absolute Gasteiger partial charge is 0.416 e. The zero-order valence-corrected chi connectivity index (χ0v) is 7.88. The molecule has 0 bridgehead atoms. The van der Waals surface area contributed by atoms with E-state index in [1.165, 1.54) is 19.1 Å². The Morgan fingerprint density at radius 2 is 1.73 bits per heavy atom. The van der Waals surface area contributed by atoms with Crippen LogP contribution in [0.1, 0.15) is 24.0 Å². The van der Waals surface area contributed by atoms with Crippen molar-refractivity contribution in [2.45, 2.75) is 19.0 Å². The molecule has 1 N–H and O–H groups in total. The van der Waals surface area contributed by atoms with E-state index in [2.05, 4.69) is 0 Å². The predicted octanol–water partition coefficient (Wildman–Crippen LogP) is 2.89. The van der Waals surface area contributed by atoms with Gasteiger partial charge in [0.15, 0.2) is 0 Å². The average molecular weight is 218 g/mol. The van der Waals surface area contributed by atoms with Crippen molar-refractivity contribution in [2.24, 2.45) is 0 Å². The minimum Gasteiger partial charge on any atom is -0.481 e. The van der Waals surface area contributed by atoms with Crippen molar-refractivity contribution in [2.75, 3.05) is 0 Å². The molecule has 1 rings (SSSR count). The van der Waals surface area contributed by atoms with Crippen LogP contribution in [0.2, 0.25) is 0 Å². The molecule has 0 fully saturated rings. The molecular weight excluding hydrogens is 209 g/mol. The summed E-state index contributed by atoms with van der Waals surface area (Å²) < 4.78 is 36.5. The topological polar surface area (TPSA) is 37.3 Å². The Balaban J connectivity index is 2.95. The fraction of sp³-hybridized carbons (Fsp3) is 0.300. The minimum absolute atomic E-state index is 0.357. The molecule has 0 unspecified atom stereocenters. The van der Waals surface area contributed by atoms with E-state index in [1.54, 1.807) is 0 Å². The summed E-state index contributed by atoms with van der Waals surface area (Å²) in [4.78, 5) is 10.6. The van der Waals surface area contributed by atoms with Gasteiger partial charge in [0.1, 0.15) is 0 Å². The van der Waals surface area contributed by atoms with Gasteiger partial charge in [0, 0.05) is 0 Å². The van der Waals surface area contributed by atoms with Crippen LogP contribution >= 0.6 is 0 Å². The van der Waals surface area contributed by atoms with Gasteiger partial charge >= 0.3 is 12.1 Å². The summed E-state index contributed by atoms with van der Waals surface area (Å²) >= 11 is 0. The Labute approximate surface area is 84.3 Å². The van der Waals surface area contributed by atoms with E-state index >= 15 is 0 Å². The first-order valence-corrected chi connectivity index (χ1v) is 4.22. The van der Waals surface area contributed by atoms with Crippen molar-refractivity contribution in [1.82, 2.24) is 0 Å². The third kappa shape index (κ3) is 2.71. The summed E-state index contributed by atoms with van der Waals surface area (Å²) in [5.41, 5.74) is -0.417. The first-order valence-electron chi connectivity index (χ1n) is 4.22. The van der Waals surface area contributed by atoms with Crippen molar-refractivity contribution in [3.05, 3.63) is 35.4 Å². The fourth-order valence-electron chi connectivity index (χ4n) is 1.10. The lowest BCUT2D eigenvalue weighted by atomic mass is 10.00. The Morgan fingerprint density at radius 1 is 1.27 bits per heavy atom. The average Bonchev–Trinajstić information content (AvgIpc) is 2.15. The van der Waals surface area contributed by atoms with E-state index in [1.807, 2.05) is 0 Å². The quantitative estimate of drug-likeness (QED) is 0.828. The number of rotatable bonds is 2. The number of carbonyl (C=O) groups is 1. The molecule has 0 aromatic heterocycles. The number of hydrogen-bond acceptors (Lipinski definition) is 1. The summed E-state index contributed by atoms with van der Waals surface area (Å²) in [5.74, 6) is -1.86. The van der Waals surface area contributed by atoms with E-state index in [9.17, 15) is 18.0 Å². The molecule has 1 aromatic carbocycles. The second-order valence-electron chi connectivity index (χ2n) is 3.18. The normalized spacial score (nSPS) is 13.6. The number of carboxylic acid groups (broad SMARTS) is 1. The molecule has 15 heavy (non-hydrogen) atoms. The molecule has 0 radical (unpaired) electrons. The van der Waals surface area contributed by atoms with Crippen LogP contribution in [0, 0.1) is 0 Å². The summed E-state index contributed by atoms with van der Waals surface area (Å²) in [5, 5.41) is 8.64. The van der Waals surface area contributed by atoms with Crippen LogP contribution in [-0.2, 0) is 11.0 Å². The molecule has 1 aromatic rings. The highest BCUT2D eigenvalue weighted by Gasteiger charge is 2.30. The van der Waals surface area contributed by atoms with Crippen LogP contribution in [0.25, 0.3) is 0 Å². The summed E-state index contributed by atoms with van der Waals surface area (Å²) in [6, 6.07) is 4.13. The van der Waals surface area contributed by atoms with Gasteiger partial charge in [-0.1, -0.05) is 12.1 Å². The lowest BCUT2D eigenvalue weighted by molar-refractivity contribution is -0.138. The van der Waals surface area contributed by atoms with Crippen molar-refractivity contribution >= 4 is 5.97 Å². The van der Waals surface area contributed by atoms with E-state index in [0.29, 0.717) is 5.56 Å². The van der Waals surface area contributed by atoms with Crippen molar-refractivity contribution in [1.29, 1.82) is 0 Å². The van der Waals surface area contributed by atoms with Crippen molar-refractivity contribution in [3.8, 4) is 0 Å². The highest BCUT2D eigenvalue weighted by molar-refractivity contribution is 5.75. The molecule has 2 nitrogen and oxygen atoms in total. The molecular formula is C10H9F3O2. The second-order valence-corrected chi connectivity index (χ2v) is 3.18. The maximum atomic E-state index is 12.2. The first-order chi connectivity index (χ1) is 6.82. The largest absolute Gasteiger partial charge is 0.481 e. The summed E-state index contributed by atoms with van der Waals surface area (Å²) in [7, 11) is 0. The molecule has 0 aliphatic heterocycles. The standard InChI is InChI=1S/C10H9F3O2/c1-6(9(14)15)7-2-4-8(5-3-7)10(11,12)13/h2-6H,1H3,(H,14,15)/t6-/m1/s1. The van der Waals surface area contributed by atoms with E-state index in [4.69, 9.17) is 5.11 Å². The number of alkyl halides is 3. The molecule has 1 atom stereocenters. The van der Waals surface area contributed by atoms with Gasteiger partial charge in [-0.15, -0.1) is 0 Å². The van der Waals surface area contributed by atoms with Gasteiger partial charge in [-0.05, 0) is 24.6 Å². The Bertz CT molecular complexity index is 354. The number of benzene rings is 1. The zero-order chi connectivity index (χ0) is 11.6. The maximum Gasteiger partial charge on any atom is 0.416 e. The number of carboxylic acids is 1.